The molecule has 0 atom stereocenters. The van der Waals surface area contributed by atoms with Gasteiger partial charge < -0.3 is 5.32 Å². The number of carbonyl (C=O) groups is 1. The fourth-order valence-electron chi connectivity index (χ4n) is 2.04. The average Bonchev–Trinajstić information content (AvgIpc) is 3.06. The lowest BCUT2D eigenvalue weighted by atomic mass is 10.2. The Bertz CT molecular complexity index is 831. The van der Waals surface area contributed by atoms with Gasteiger partial charge in [0, 0.05) is 18.9 Å². The van der Waals surface area contributed by atoms with E-state index in [1.165, 1.54) is 16.9 Å². The summed E-state index contributed by atoms with van der Waals surface area (Å²) < 4.78 is 14.7. The summed E-state index contributed by atoms with van der Waals surface area (Å²) in [6, 6.07) is 8.24. The maximum atomic E-state index is 13.3. The van der Waals surface area contributed by atoms with E-state index >= 15 is 0 Å². The molecule has 23 heavy (non-hydrogen) atoms. The maximum absolute atomic E-state index is 13.3. The zero-order valence-electron chi connectivity index (χ0n) is 12.4. The molecule has 2 heterocycles. The van der Waals surface area contributed by atoms with Gasteiger partial charge in [0.25, 0.3) is 5.91 Å². The van der Waals surface area contributed by atoms with Gasteiger partial charge in [0.15, 0.2) is 5.69 Å². The van der Waals surface area contributed by atoms with Gasteiger partial charge in [-0.1, -0.05) is 11.3 Å². The van der Waals surface area contributed by atoms with Crippen molar-refractivity contribution in [2.75, 3.05) is 0 Å². The Hall–Kier alpha value is -3.09. The Balaban J connectivity index is 1.71. The standard InChI is InChI=1S/C16H14FN5O/c1-11-7-13(4-5-14(11)17)22-10-15(20-21-22)16(23)19-9-12-3-2-6-18-8-12/h2-8,10H,9H2,1H3,(H,19,23). The normalized spacial score (nSPS) is 10.5. The van der Waals surface area contributed by atoms with Crippen LogP contribution in [0, 0.1) is 12.7 Å². The van der Waals surface area contributed by atoms with Gasteiger partial charge in [-0.3, -0.25) is 9.78 Å². The van der Waals surface area contributed by atoms with Crippen molar-refractivity contribution in [3.8, 4) is 5.69 Å². The number of amides is 1. The molecule has 1 aromatic carbocycles. The molecule has 0 radical (unpaired) electrons. The molecule has 7 heteroatoms. The molecule has 0 unspecified atom stereocenters. The molecule has 0 aliphatic carbocycles. The minimum atomic E-state index is -0.334. The molecule has 116 valence electrons. The molecule has 1 N–H and O–H groups in total. The summed E-state index contributed by atoms with van der Waals surface area (Å²) in [6.45, 7) is 2.02. The number of rotatable bonds is 4. The number of aromatic nitrogens is 4. The van der Waals surface area contributed by atoms with E-state index in [4.69, 9.17) is 0 Å². The van der Waals surface area contributed by atoms with E-state index in [2.05, 4.69) is 20.6 Å². The highest BCUT2D eigenvalue weighted by atomic mass is 19.1. The van der Waals surface area contributed by atoms with Gasteiger partial charge in [-0.2, -0.15) is 0 Å². The molecule has 0 saturated carbocycles. The van der Waals surface area contributed by atoms with E-state index in [0.29, 0.717) is 17.8 Å². The second-order valence-corrected chi connectivity index (χ2v) is 5.03. The fraction of sp³-hybridized carbons (Fsp3) is 0.125. The lowest BCUT2D eigenvalue weighted by Crippen LogP contribution is -2.23. The van der Waals surface area contributed by atoms with E-state index in [9.17, 15) is 9.18 Å². The van der Waals surface area contributed by atoms with Crippen LogP contribution in [0.1, 0.15) is 21.6 Å². The quantitative estimate of drug-likeness (QED) is 0.800. The molecule has 3 rings (SSSR count). The number of carbonyl (C=O) groups excluding carboxylic acids is 1. The Morgan fingerprint density at radius 2 is 2.22 bits per heavy atom. The minimum absolute atomic E-state index is 0.191. The summed E-state index contributed by atoms with van der Waals surface area (Å²) >= 11 is 0. The second kappa shape index (κ2) is 6.35. The average molecular weight is 311 g/mol. The van der Waals surface area contributed by atoms with Crippen LogP contribution in [0.15, 0.2) is 48.9 Å². The Labute approximate surface area is 132 Å². The second-order valence-electron chi connectivity index (χ2n) is 5.03. The van der Waals surface area contributed by atoms with Crippen LogP contribution >= 0.6 is 0 Å². The zero-order chi connectivity index (χ0) is 16.2. The first-order valence-corrected chi connectivity index (χ1v) is 6.99. The summed E-state index contributed by atoms with van der Waals surface area (Å²) in [5.41, 5.74) is 2.22. The van der Waals surface area contributed by atoms with Crippen LogP contribution in [0.5, 0.6) is 0 Å². The molecule has 0 aliphatic heterocycles. The van der Waals surface area contributed by atoms with Crippen LogP contribution in [0.3, 0.4) is 0 Å². The molecule has 3 aromatic rings. The predicted molar refractivity (Wildman–Crippen MR) is 81.5 cm³/mol. The topological polar surface area (TPSA) is 72.7 Å². The third-order valence-electron chi connectivity index (χ3n) is 3.31. The molecule has 0 aliphatic rings. The van der Waals surface area contributed by atoms with Crippen molar-refractivity contribution in [3.05, 3.63) is 71.6 Å². The maximum Gasteiger partial charge on any atom is 0.273 e. The molecule has 0 saturated heterocycles. The monoisotopic (exact) mass is 311 g/mol. The van der Waals surface area contributed by atoms with E-state index in [1.54, 1.807) is 37.5 Å². The Kier molecular flexibility index (Phi) is 4.09. The Morgan fingerprint density at radius 1 is 1.35 bits per heavy atom. The van der Waals surface area contributed by atoms with Crippen molar-refractivity contribution in [3.63, 3.8) is 0 Å². The highest BCUT2D eigenvalue weighted by Crippen LogP contribution is 2.12. The van der Waals surface area contributed by atoms with Gasteiger partial charge in [-0.25, -0.2) is 9.07 Å². The van der Waals surface area contributed by atoms with Crippen LogP contribution in [0.4, 0.5) is 4.39 Å². The molecular formula is C16H14FN5O. The summed E-state index contributed by atoms with van der Waals surface area (Å²) in [5, 5.41) is 10.5. The molecule has 6 nitrogen and oxygen atoms in total. The van der Waals surface area contributed by atoms with Gasteiger partial charge in [0.1, 0.15) is 5.82 Å². The third-order valence-corrected chi connectivity index (χ3v) is 3.31. The smallest absolute Gasteiger partial charge is 0.273 e. The van der Waals surface area contributed by atoms with Crippen molar-refractivity contribution in [2.24, 2.45) is 0 Å². The number of nitrogens with zero attached hydrogens (tertiary/aromatic N) is 4. The van der Waals surface area contributed by atoms with Crippen molar-refractivity contribution in [1.29, 1.82) is 0 Å². The van der Waals surface area contributed by atoms with Crippen molar-refractivity contribution >= 4 is 5.91 Å². The first kappa shape index (κ1) is 14.8. The van der Waals surface area contributed by atoms with E-state index in [1.807, 2.05) is 6.07 Å². The van der Waals surface area contributed by atoms with E-state index in [0.717, 1.165) is 5.56 Å². The van der Waals surface area contributed by atoms with Gasteiger partial charge >= 0.3 is 0 Å². The molecule has 2 aromatic heterocycles. The summed E-state index contributed by atoms with van der Waals surface area (Å²) in [4.78, 5) is 16.1. The largest absolute Gasteiger partial charge is 0.346 e. The number of halogens is 1. The molecule has 1 amide bonds. The van der Waals surface area contributed by atoms with Crippen molar-refractivity contribution < 1.29 is 9.18 Å². The minimum Gasteiger partial charge on any atom is -0.346 e. The SMILES string of the molecule is Cc1cc(-n2cc(C(=O)NCc3cccnc3)nn2)ccc1F. The summed E-state index contributed by atoms with van der Waals surface area (Å²) in [6.07, 6.45) is 4.85. The molecular weight excluding hydrogens is 297 g/mol. The van der Waals surface area contributed by atoms with Crippen LogP contribution in [-0.2, 0) is 6.54 Å². The van der Waals surface area contributed by atoms with Gasteiger partial charge in [-0.15, -0.1) is 5.10 Å². The lowest BCUT2D eigenvalue weighted by molar-refractivity contribution is 0.0946. The van der Waals surface area contributed by atoms with Crippen LogP contribution < -0.4 is 5.32 Å². The predicted octanol–water partition coefficient (Wildman–Crippen LogP) is 2.04. The fourth-order valence-corrected chi connectivity index (χ4v) is 2.04. The number of aryl methyl sites for hydroxylation is 1. The highest BCUT2D eigenvalue weighted by Gasteiger charge is 2.12. The Morgan fingerprint density at radius 3 is 2.96 bits per heavy atom. The number of hydrogen-bond acceptors (Lipinski definition) is 4. The van der Waals surface area contributed by atoms with Gasteiger partial charge in [-0.05, 0) is 42.3 Å². The number of hydrogen-bond donors (Lipinski definition) is 1. The van der Waals surface area contributed by atoms with Gasteiger partial charge in [0.05, 0.1) is 11.9 Å². The molecule has 0 fully saturated rings. The zero-order valence-corrected chi connectivity index (χ0v) is 12.4. The summed E-state index contributed by atoms with van der Waals surface area (Å²) in [7, 11) is 0. The van der Waals surface area contributed by atoms with Gasteiger partial charge in [0.2, 0.25) is 0 Å². The third kappa shape index (κ3) is 3.39. The highest BCUT2D eigenvalue weighted by molar-refractivity contribution is 5.91. The van der Waals surface area contributed by atoms with Crippen molar-refractivity contribution in [1.82, 2.24) is 25.3 Å². The number of nitrogens with one attached hydrogen (secondary N) is 1. The summed E-state index contributed by atoms with van der Waals surface area (Å²) in [5.74, 6) is -0.623. The van der Waals surface area contributed by atoms with Crippen LogP contribution in [-0.4, -0.2) is 25.9 Å². The van der Waals surface area contributed by atoms with Crippen molar-refractivity contribution in [2.45, 2.75) is 13.5 Å². The number of benzene rings is 1. The first-order chi connectivity index (χ1) is 11.1. The molecule has 0 bridgehead atoms. The van der Waals surface area contributed by atoms with E-state index < -0.39 is 0 Å². The lowest BCUT2D eigenvalue weighted by Gasteiger charge is -2.03. The first-order valence-electron chi connectivity index (χ1n) is 6.99. The van der Waals surface area contributed by atoms with E-state index in [-0.39, 0.29) is 17.4 Å². The van der Waals surface area contributed by atoms with Crippen LogP contribution in [0.25, 0.3) is 5.69 Å². The number of pyridine rings is 1. The molecule has 0 spiro atoms. The van der Waals surface area contributed by atoms with Crippen LogP contribution in [0.2, 0.25) is 0 Å².